The van der Waals surface area contributed by atoms with E-state index in [-0.39, 0.29) is 5.82 Å². The van der Waals surface area contributed by atoms with Gasteiger partial charge >= 0.3 is 0 Å². The lowest BCUT2D eigenvalue weighted by Crippen LogP contribution is -2.01. The highest BCUT2D eigenvalue weighted by Gasteiger charge is 2.04. The smallest absolute Gasteiger partial charge is 0.146 e. The van der Waals surface area contributed by atoms with Crippen LogP contribution in [0.1, 0.15) is 16.9 Å². The van der Waals surface area contributed by atoms with E-state index in [4.69, 9.17) is 4.42 Å². The molecule has 2 rings (SSSR count). The molecule has 0 aliphatic heterocycles. The third kappa shape index (κ3) is 2.24. The number of halogens is 1. The van der Waals surface area contributed by atoms with Gasteiger partial charge in [-0.15, -0.1) is 0 Å². The topological polar surface area (TPSA) is 25.2 Å². The number of hydrogen-bond acceptors (Lipinski definition) is 2. The Morgan fingerprint density at radius 2 is 2.06 bits per heavy atom. The Bertz CT molecular complexity index is 490. The molecule has 1 N–H and O–H groups in total. The van der Waals surface area contributed by atoms with E-state index in [0.29, 0.717) is 12.2 Å². The molecular formula is C13H14FNO. The van der Waals surface area contributed by atoms with Gasteiger partial charge < -0.3 is 9.73 Å². The van der Waals surface area contributed by atoms with Gasteiger partial charge in [0.1, 0.15) is 11.6 Å². The zero-order valence-electron chi connectivity index (χ0n) is 9.38. The number of rotatable bonds is 3. The molecule has 0 unspecified atom stereocenters. The number of benzene rings is 1. The molecule has 0 atom stereocenters. The molecule has 84 valence electrons. The van der Waals surface area contributed by atoms with Crippen LogP contribution >= 0.6 is 0 Å². The van der Waals surface area contributed by atoms with Crippen molar-refractivity contribution in [1.82, 2.24) is 0 Å². The van der Waals surface area contributed by atoms with Crippen molar-refractivity contribution in [3.63, 3.8) is 0 Å². The molecular weight excluding hydrogens is 205 g/mol. The van der Waals surface area contributed by atoms with Crippen LogP contribution in [0, 0.1) is 19.7 Å². The Labute approximate surface area is 94.1 Å². The monoisotopic (exact) mass is 219 g/mol. The van der Waals surface area contributed by atoms with E-state index in [9.17, 15) is 4.39 Å². The van der Waals surface area contributed by atoms with Crippen LogP contribution in [0.4, 0.5) is 10.1 Å². The van der Waals surface area contributed by atoms with Gasteiger partial charge in [-0.1, -0.05) is 6.07 Å². The summed E-state index contributed by atoms with van der Waals surface area (Å²) in [5, 5.41) is 3.03. The first-order chi connectivity index (χ1) is 7.66. The van der Waals surface area contributed by atoms with Crippen LogP contribution in [-0.2, 0) is 6.54 Å². The van der Waals surface area contributed by atoms with Gasteiger partial charge in [0.15, 0.2) is 0 Å². The van der Waals surface area contributed by atoms with E-state index in [2.05, 4.69) is 5.32 Å². The fourth-order valence-electron chi connectivity index (χ4n) is 1.54. The maximum Gasteiger partial charge on any atom is 0.146 e. The number of aryl methyl sites for hydroxylation is 2. The molecule has 0 fully saturated rings. The Morgan fingerprint density at radius 1 is 1.25 bits per heavy atom. The summed E-state index contributed by atoms with van der Waals surface area (Å²) in [6.07, 6.45) is 1.64. The van der Waals surface area contributed by atoms with Crippen molar-refractivity contribution >= 4 is 5.69 Å². The lowest BCUT2D eigenvalue weighted by molar-refractivity contribution is 0.514. The minimum atomic E-state index is -0.241. The molecule has 2 aromatic rings. The summed E-state index contributed by atoms with van der Waals surface area (Å²) in [7, 11) is 0. The van der Waals surface area contributed by atoms with Gasteiger partial charge in [-0.05, 0) is 43.2 Å². The van der Waals surface area contributed by atoms with E-state index in [0.717, 1.165) is 16.9 Å². The lowest BCUT2D eigenvalue weighted by atomic mass is 10.2. The van der Waals surface area contributed by atoms with Crippen molar-refractivity contribution in [3.05, 3.63) is 53.2 Å². The van der Waals surface area contributed by atoms with Crippen LogP contribution in [0.15, 0.2) is 34.9 Å². The van der Waals surface area contributed by atoms with Gasteiger partial charge in [0.25, 0.3) is 0 Å². The molecule has 0 aliphatic rings. The lowest BCUT2D eigenvalue weighted by Gasteiger charge is -2.07. The molecule has 3 heteroatoms. The van der Waals surface area contributed by atoms with Crippen molar-refractivity contribution < 1.29 is 8.81 Å². The van der Waals surface area contributed by atoms with E-state index in [1.54, 1.807) is 18.4 Å². The van der Waals surface area contributed by atoms with Crippen molar-refractivity contribution in [2.24, 2.45) is 0 Å². The molecule has 0 saturated carbocycles. The molecule has 0 spiro atoms. The molecule has 16 heavy (non-hydrogen) atoms. The molecule has 0 aliphatic carbocycles. The second-order valence-electron chi connectivity index (χ2n) is 3.86. The molecule has 0 radical (unpaired) electrons. The number of furan rings is 1. The van der Waals surface area contributed by atoms with Gasteiger partial charge in [-0.2, -0.15) is 0 Å². The molecule has 1 aromatic carbocycles. The molecule has 0 bridgehead atoms. The Kier molecular flexibility index (Phi) is 2.95. The third-order valence-corrected chi connectivity index (χ3v) is 2.53. The zero-order chi connectivity index (χ0) is 11.5. The summed E-state index contributed by atoms with van der Waals surface area (Å²) in [6.45, 7) is 4.40. The van der Waals surface area contributed by atoms with Crippen molar-refractivity contribution in [1.29, 1.82) is 0 Å². The fourth-order valence-corrected chi connectivity index (χ4v) is 1.54. The second kappa shape index (κ2) is 4.39. The minimum Gasteiger partial charge on any atom is -0.467 e. The fraction of sp³-hybridized carbons (Fsp3) is 0.231. The Balaban J connectivity index is 2.10. The van der Waals surface area contributed by atoms with Crippen LogP contribution < -0.4 is 5.32 Å². The minimum absolute atomic E-state index is 0.241. The highest BCUT2D eigenvalue weighted by atomic mass is 19.1. The molecule has 0 saturated heterocycles. The summed E-state index contributed by atoms with van der Waals surface area (Å²) in [5.74, 6) is 0.593. The molecule has 2 nitrogen and oxygen atoms in total. The van der Waals surface area contributed by atoms with Crippen LogP contribution in [0.5, 0.6) is 0 Å². The largest absolute Gasteiger partial charge is 0.467 e. The Morgan fingerprint density at radius 3 is 2.75 bits per heavy atom. The van der Waals surface area contributed by atoms with E-state index in [1.807, 2.05) is 19.9 Å². The average molecular weight is 219 g/mol. The van der Waals surface area contributed by atoms with E-state index < -0.39 is 0 Å². The predicted molar refractivity (Wildman–Crippen MR) is 61.9 cm³/mol. The van der Waals surface area contributed by atoms with Gasteiger partial charge in [-0.25, -0.2) is 4.39 Å². The second-order valence-corrected chi connectivity index (χ2v) is 3.86. The molecule has 0 amide bonds. The summed E-state index contributed by atoms with van der Waals surface area (Å²) in [5.41, 5.74) is 2.61. The first kappa shape index (κ1) is 10.7. The SMILES string of the molecule is Cc1ccc(F)c(NCc2occc2C)c1. The highest BCUT2D eigenvalue weighted by molar-refractivity contribution is 5.47. The number of hydrogen-bond donors (Lipinski definition) is 1. The quantitative estimate of drug-likeness (QED) is 0.852. The normalized spacial score (nSPS) is 10.4. The predicted octanol–water partition coefficient (Wildman–Crippen LogP) is 3.65. The summed E-state index contributed by atoms with van der Waals surface area (Å²) >= 11 is 0. The van der Waals surface area contributed by atoms with Gasteiger partial charge in [0.05, 0.1) is 18.5 Å². The van der Waals surface area contributed by atoms with Crippen LogP contribution in [0.2, 0.25) is 0 Å². The van der Waals surface area contributed by atoms with Crippen LogP contribution in [0.3, 0.4) is 0 Å². The van der Waals surface area contributed by atoms with Gasteiger partial charge in [0.2, 0.25) is 0 Å². The van der Waals surface area contributed by atoms with Crippen LogP contribution in [0.25, 0.3) is 0 Å². The summed E-state index contributed by atoms with van der Waals surface area (Å²) in [6, 6.07) is 6.89. The maximum atomic E-state index is 13.4. The summed E-state index contributed by atoms with van der Waals surface area (Å²) in [4.78, 5) is 0. The number of anilines is 1. The van der Waals surface area contributed by atoms with Crippen molar-refractivity contribution in [2.75, 3.05) is 5.32 Å². The average Bonchev–Trinajstić information content (AvgIpc) is 2.66. The molecule has 1 heterocycles. The maximum absolute atomic E-state index is 13.4. The Hall–Kier alpha value is -1.77. The standard InChI is InChI=1S/C13H14FNO/c1-9-3-4-11(14)12(7-9)15-8-13-10(2)5-6-16-13/h3-7,15H,8H2,1-2H3. The first-order valence-electron chi connectivity index (χ1n) is 5.20. The zero-order valence-corrected chi connectivity index (χ0v) is 9.38. The number of nitrogens with one attached hydrogen (secondary N) is 1. The van der Waals surface area contributed by atoms with E-state index in [1.165, 1.54) is 6.07 Å². The third-order valence-electron chi connectivity index (χ3n) is 2.53. The van der Waals surface area contributed by atoms with Gasteiger partial charge in [0, 0.05) is 0 Å². The van der Waals surface area contributed by atoms with Gasteiger partial charge in [-0.3, -0.25) is 0 Å². The van der Waals surface area contributed by atoms with Crippen LogP contribution in [-0.4, -0.2) is 0 Å². The van der Waals surface area contributed by atoms with Crippen molar-refractivity contribution in [3.8, 4) is 0 Å². The van der Waals surface area contributed by atoms with Crippen molar-refractivity contribution in [2.45, 2.75) is 20.4 Å². The summed E-state index contributed by atoms with van der Waals surface area (Å²) < 4.78 is 18.7. The van der Waals surface area contributed by atoms with E-state index >= 15 is 0 Å². The first-order valence-corrected chi connectivity index (χ1v) is 5.20. The highest BCUT2D eigenvalue weighted by Crippen LogP contribution is 2.17. The molecule has 1 aromatic heterocycles.